The van der Waals surface area contributed by atoms with Crippen molar-refractivity contribution in [1.29, 1.82) is 0 Å². The third-order valence-corrected chi connectivity index (χ3v) is 3.70. The number of nitrogens with zero attached hydrogens (tertiary/aromatic N) is 1. The number of rotatable bonds is 5. The molecule has 0 bridgehead atoms. The van der Waals surface area contributed by atoms with Crippen molar-refractivity contribution in [3.05, 3.63) is 44.6 Å². The molecular formula is C13H12BrFN2O2S. The number of carbonyl (C=O) groups excluding carboxylic acids is 1. The third kappa shape index (κ3) is 4.28. The summed E-state index contributed by atoms with van der Waals surface area (Å²) in [4.78, 5) is 15.8. The van der Waals surface area contributed by atoms with Gasteiger partial charge in [-0.25, -0.2) is 9.37 Å². The maximum Gasteiger partial charge on any atom is 0.258 e. The minimum Gasteiger partial charge on any atom is -0.481 e. The van der Waals surface area contributed by atoms with Crippen LogP contribution in [0.4, 0.5) is 4.39 Å². The molecule has 0 radical (unpaired) electrons. The molecule has 1 N–H and O–H groups in total. The highest BCUT2D eigenvalue weighted by Gasteiger charge is 2.08. The number of benzene rings is 1. The highest BCUT2D eigenvalue weighted by molar-refractivity contribution is 9.10. The van der Waals surface area contributed by atoms with Crippen LogP contribution < -0.4 is 10.1 Å². The Balaban J connectivity index is 1.80. The van der Waals surface area contributed by atoms with Gasteiger partial charge < -0.3 is 10.1 Å². The quantitative estimate of drug-likeness (QED) is 0.893. The molecule has 1 amide bonds. The average molecular weight is 359 g/mol. The number of nitrogens with one attached hydrogen (secondary N) is 1. The number of amides is 1. The zero-order valence-corrected chi connectivity index (χ0v) is 13.1. The predicted octanol–water partition coefficient (Wildman–Crippen LogP) is 3.05. The van der Waals surface area contributed by atoms with Crippen LogP contribution in [0.5, 0.6) is 5.75 Å². The molecule has 1 aromatic carbocycles. The number of hydrogen-bond donors (Lipinski definition) is 1. The zero-order chi connectivity index (χ0) is 14.5. The van der Waals surface area contributed by atoms with E-state index in [1.165, 1.54) is 23.5 Å². The highest BCUT2D eigenvalue weighted by Crippen LogP contribution is 2.21. The summed E-state index contributed by atoms with van der Waals surface area (Å²) in [6, 6.07) is 4.40. The summed E-state index contributed by atoms with van der Waals surface area (Å²) >= 11 is 4.67. The van der Waals surface area contributed by atoms with Gasteiger partial charge in [0, 0.05) is 9.85 Å². The molecule has 0 unspecified atom stereocenters. The molecule has 0 fully saturated rings. The third-order valence-electron chi connectivity index (χ3n) is 2.39. The largest absolute Gasteiger partial charge is 0.481 e. The molecule has 1 aromatic heterocycles. The van der Waals surface area contributed by atoms with Gasteiger partial charge in [-0.3, -0.25) is 4.79 Å². The van der Waals surface area contributed by atoms with Crippen LogP contribution in [-0.2, 0) is 11.3 Å². The van der Waals surface area contributed by atoms with E-state index in [0.717, 1.165) is 10.7 Å². The summed E-state index contributed by atoms with van der Waals surface area (Å²) in [6.45, 7) is 2.01. The van der Waals surface area contributed by atoms with Gasteiger partial charge in [0.25, 0.3) is 5.91 Å². The lowest BCUT2D eigenvalue weighted by Crippen LogP contribution is -2.28. The predicted molar refractivity (Wildman–Crippen MR) is 78.3 cm³/mol. The summed E-state index contributed by atoms with van der Waals surface area (Å²) < 4.78 is 19.2. The monoisotopic (exact) mass is 358 g/mol. The van der Waals surface area contributed by atoms with Gasteiger partial charge in [0.15, 0.2) is 18.2 Å². The van der Waals surface area contributed by atoms with E-state index in [0.29, 0.717) is 11.0 Å². The van der Waals surface area contributed by atoms with Crippen LogP contribution in [0.1, 0.15) is 10.7 Å². The molecule has 0 atom stereocenters. The van der Waals surface area contributed by atoms with Crippen molar-refractivity contribution in [2.45, 2.75) is 13.5 Å². The van der Waals surface area contributed by atoms with Gasteiger partial charge in [-0.1, -0.05) is 15.9 Å². The normalized spacial score (nSPS) is 10.3. The van der Waals surface area contributed by atoms with Gasteiger partial charge >= 0.3 is 0 Å². The SMILES string of the molecule is Cc1nc(CNC(=O)COc2ccc(Br)cc2F)cs1. The maximum atomic E-state index is 13.5. The second kappa shape index (κ2) is 6.81. The number of thiazole rings is 1. The molecule has 7 heteroatoms. The Kier molecular flexibility index (Phi) is 5.08. The molecule has 2 aromatic rings. The molecule has 0 spiro atoms. The number of halogens is 2. The first-order valence-corrected chi connectivity index (χ1v) is 7.47. The van der Waals surface area contributed by atoms with Gasteiger partial charge in [-0.15, -0.1) is 11.3 Å². The number of aryl methyl sites for hydroxylation is 1. The fourth-order valence-corrected chi connectivity index (χ4v) is 2.41. The Labute approximate surface area is 128 Å². The molecule has 1 heterocycles. The van der Waals surface area contributed by atoms with E-state index < -0.39 is 5.82 Å². The molecule has 0 saturated carbocycles. The smallest absolute Gasteiger partial charge is 0.258 e. The topological polar surface area (TPSA) is 51.2 Å². The van der Waals surface area contributed by atoms with Crippen molar-refractivity contribution in [3.8, 4) is 5.75 Å². The van der Waals surface area contributed by atoms with Crippen LogP contribution in [0.25, 0.3) is 0 Å². The maximum absolute atomic E-state index is 13.5. The average Bonchev–Trinajstić information content (AvgIpc) is 2.81. The first kappa shape index (κ1) is 14.9. The minimum absolute atomic E-state index is 0.0489. The molecule has 2 rings (SSSR count). The fourth-order valence-electron chi connectivity index (χ4n) is 1.47. The van der Waals surface area contributed by atoms with Gasteiger partial charge in [0.1, 0.15) is 0 Å². The summed E-state index contributed by atoms with van der Waals surface area (Å²) in [7, 11) is 0. The molecule has 4 nitrogen and oxygen atoms in total. The number of carbonyl (C=O) groups is 1. The van der Waals surface area contributed by atoms with E-state index in [9.17, 15) is 9.18 Å². The molecule has 0 aliphatic rings. The van der Waals surface area contributed by atoms with Crippen molar-refractivity contribution >= 4 is 33.2 Å². The molecule has 0 aliphatic carbocycles. The lowest BCUT2D eigenvalue weighted by molar-refractivity contribution is -0.123. The number of aromatic nitrogens is 1. The van der Waals surface area contributed by atoms with Gasteiger partial charge in [0.2, 0.25) is 0 Å². The van der Waals surface area contributed by atoms with Crippen LogP contribution in [-0.4, -0.2) is 17.5 Å². The Morgan fingerprint density at radius 2 is 2.35 bits per heavy atom. The van der Waals surface area contributed by atoms with Crippen LogP contribution in [0.2, 0.25) is 0 Å². The van der Waals surface area contributed by atoms with Crippen molar-refractivity contribution in [2.75, 3.05) is 6.61 Å². The van der Waals surface area contributed by atoms with Crippen LogP contribution in [0, 0.1) is 12.7 Å². The van der Waals surface area contributed by atoms with E-state index >= 15 is 0 Å². The van der Waals surface area contributed by atoms with Crippen molar-refractivity contribution < 1.29 is 13.9 Å². The zero-order valence-electron chi connectivity index (χ0n) is 10.7. The molecule has 106 valence electrons. The second-order valence-electron chi connectivity index (χ2n) is 4.00. The molecule has 20 heavy (non-hydrogen) atoms. The lowest BCUT2D eigenvalue weighted by atomic mass is 10.3. The van der Waals surface area contributed by atoms with Gasteiger partial charge in [0.05, 0.1) is 17.2 Å². The Morgan fingerprint density at radius 3 is 3.00 bits per heavy atom. The Morgan fingerprint density at radius 1 is 1.55 bits per heavy atom. The molecule has 0 aliphatic heterocycles. The molecular weight excluding hydrogens is 347 g/mol. The molecule has 0 saturated heterocycles. The van der Waals surface area contributed by atoms with E-state index in [-0.39, 0.29) is 18.3 Å². The Bertz CT molecular complexity index is 618. The summed E-state index contributed by atoms with van der Waals surface area (Å²) in [5.41, 5.74) is 0.802. The summed E-state index contributed by atoms with van der Waals surface area (Å²) in [5.74, 6) is -0.784. The first-order chi connectivity index (χ1) is 9.54. The lowest BCUT2D eigenvalue weighted by Gasteiger charge is -2.07. The number of hydrogen-bond acceptors (Lipinski definition) is 4. The standard InChI is InChI=1S/C13H12BrFN2O2S/c1-8-17-10(7-20-8)5-16-13(18)6-19-12-3-2-9(14)4-11(12)15/h2-4,7H,5-6H2,1H3,(H,16,18). The van der Waals surface area contributed by atoms with Crippen LogP contribution in [0.15, 0.2) is 28.1 Å². The van der Waals surface area contributed by atoms with E-state index in [4.69, 9.17) is 4.74 Å². The second-order valence-corrected chi connectivity index (χ2v) is 5.98. The fraction of sp³-hybridized carbons (Fsp3) is 0.231. The minimum atomic E-state index is -0.512. The summed E-state index contributed by atoms with van der Waals surface area (Å²) in [6.07, 6.45) is 0. The van der Waals surface area contributed by atoms with Gasteiger partial charge in [-0.2, -0.15) is 0 Å². The van der Waals surface area contributed by atoms with Crippen molar-refractivity contribution in [3.63, 3.8) is 0 Å². The van der Waals surface area contributed by atoms with E-state index in [2.05, 4.69) is 26.2 Å². The van der Waals surface area contributed by atoms with Crippen LogP contribution >= 0.6 is 27.3 Å². The van der Waals surface area contributed by atoms with E-state index in [1.807, 2.05) is 12.3 Å². The Hall–Kier alpha value is -1.47. The summed E-state index contributed by atoms with van der Waals surface area (Å²) in [5, 5.41) is 5.49. The number of ether oxygens (including phenoxy) is 1. The van der Waals surface area contributed by atoms with Crippen molar-refractivity contribution in [2.24, 2.45) is 0 Å². The van der Waals surface area contributed by atoms with Crippen molar-refractivity contribution in [1.82, 2.24) is 10.3 Å². The van der Waals surface area contributed by atoms with Gasteiger partial charge in [-0.05, 0) is 25.1 Å². The van der Waals surface area contributed by atoms with E-state index in [1.54, 1.807) is 6.07 Å². The highest BCUT2D eigenvalue weighted by atomic mass is 79.9. The first-order valence-electron chi connectivity index (χ1n) is 5.80. The van der Waals surface area contributed by atoms with Crippen LogP contribution in [0.3, 0.4) is 0 Å².